The molecule has 1 saturated heterocycles. The highest BCUT2D eigenvalue weighted by Crippen LogP contribution is 2.29. The normalized spacial score (nSPS) is 17.2. The van der Waals surface area contributed by atoms with E-state index in [1.54, 1.807) is 11.3 Å². The van der Waals surface area contributed by atoms with Crippen molar-refractivity contribution in [1.29, 1.82) is 0 Å². The van der Waals surface area contributed by atoms with E-state index in [0.29, 0.717) is 5.92 Å². The summed E-state index contributed by atoms with van der Waals surface area (Å²) < 4.78 is 5.74. The van der Waals surface area contributed by atoms with E-state index in [2.05, 4.69) is 16.8 Å². The fourth-order valence-electron chi connectivity index (χ4n) is 2.95. The van der Waals surface area contributed by atoms with Gasteiger partial charge in [-0.15, -0.1) is 0 Å². The molecule has 0 aliphatic carbocycles. The molecular weight excluding hydrogens is 294 g/mol. The molecule has 2 heterocycles. The molecule has 3 rings (SSSR count). The van der Waals surface area contributed by atoms with Crippen LogP contribution in [0.15, 0.2) is 47.2 Å². The molecule has 1 amide bonds. The Balaban J connectivity index is 1.53. The van der Waals surface area contributed by atoms with Crippen molar-refractivity contribution in [3.8, 4) is 5.75 Å². The summed E-state index contributed by atoms with van der Waals surface area (Å²) in [5, 5.41) is 4.35. The summed E-state index contributed by atoms with van der Waals surface area (Å²) in [6.07, 6.45) is 1.65. The van der Waals surface area contributed by atoms with Crippen LogP contribution in [0, 0.1) is 0 Å². The van der Waals surface area contributed by atoms with Gasteiger partial charge in [-0.25, -0.2) is 0 Å². The highest BCUT2D eigenvalue weighted by atomic mass is 32.1. The molecule has 0 saturated carbocycles. The standard InChI is InChI=1S/C18H21NO2S/c1-14(21-17-5-3-2-4-6-17)18(20)19-10-7-15(8-11-19)16-9-12-22-13-16/h2-6,9,12-15H,7-8,10-11H2,1H3/t14-/m1/s1. The number of carbonyl (C=O) groups is 1. The molecule has 2 aromatic rings. The highest BCUT2D eigenvalue weighted by Gasteiger charge is 2.27. The number of likely N-dealkylation sites (tertiary alicyclic amines) is 1. The topological polar surface area (TPSA) is 29.5 Å². The molecule has 1 fully saturated rings. The average molecular weight is 315 g/mol. The lowest BCUT2D eigenvalue weighted by atomic mass is 9.91. The van der Waals surface area contributed by atoms with Crippen LogP contribution in [0.5, 0.6) is 5.75 Å². The minimum atomic E-state index is -0.430. The molecule has 1 aliphatic heterocycles. The quantitative estimate of drug-likeness (QED) is 0.856. The summed E-state index contributed by atoms with van der Waals surface area (Å²) >= 11 is 1.75. The Labute approximate surface area is 135 Å². The third-order valence-corrected chi connectivity index (χ3v) is 4.93. The van der Waals surface area contributed by atoms with Crippen LogP contribution in [0.4, 0.5) is 0 Å². The molecule has 1 aromatic carbocycles. The number of hydrogen-bond acceptors (Lipinski definition) is 3. The van der Waals surface area contributed by atoms with Gasteiger partial charge in [-0.3, -0.25) is 4.79 Å². The summed E-state index contributed by atoms with van der Waals surface area (Å²) in [6, 6.07) is 11.7. The Kier molecular flexibility index (Phi) is 4.78. The molecule has 0 N–H and O–H groups in total. The zero-order chi connectivity index (χ0) is 15.4. The van der Waals surface area contributed by atoms with Gasteiger partial charge in [0, 0.05) is 13.1 Å². The van der Waals surface area contributed by atoms with Crippen molar-refractivity contribution in [2.75, 3.05) is 13.1 Å². The molecular formula is C18H21NO2S. The van der Waals surface area contributed by atoms with E-state index in [-0.39, 0.29) is 5.91 Å². The maximum atomic E-state index is 12.5. The lowest BCUT2D eigenvalue weighted by Gasteiger charge is -2.33. The number of carbonyl (C=O) groups excluding carboxylic acids is 1. The van der Waals surface area contributed by atoms with Gasteiger partial charge in [0.05, 0.1) is 0 Å². The van der Waals surface area contributed by atoms with Gasteiger partial charge in [0.15, 0.2) is 6.10 Å². The van der Waals surface area contributed by atoms with Gasteiger partial charge in [0.25, 0.3) is 5.91 Å². The van der Waals surface area contributed by atoms with Crippen LogP contribution >= 0.6 is 11.3 Å². The Bertz CT molecular complexity index is 589. The van der Waals surface area contributed by atoms with Crippen LogP contribution in [0.2, 0.25) is 0 Å². The number of piperidine rings is 1. The van der Waals surface area contributed by atoms with Crippen LogP contribution in [-0.2, 0) is 4.79 Å². The molecule has 3 nitrogen and oxygen atoms in total. The maximum Gasteiger partial charge on any atom is 0.263 e. The number of amides is 1. The van der Waals surface area contributed by atoms with Gasteiger partial charge in [-0.05, 0) is 60.2 Å². The third-order valence-electron chi connectivity index (χ3n) is 4.23. The number of benzene rings is 1. The van der Waals surface area contributed by atoms with Gasteiger partial charge in [0.1, 0.15) is 5.75 Å². The first-order valence-corrected chi connectivity index (χ1v) is 8.71. The number of thiophene rings is 1. The number of rotatable bonds is 4. The largest absolute Gasteiger partial charge is 0.481 e. The summed E-state index contributed by atoms with van der Waals surface area (Å²) in [6.45, 7) is 3.48. The van der Waals surface area contributed by atoms with E-state index in [4.69, 9.17) is 4.74 Å². The number of nitrogens with zero attached hydrogens (tertiary/aromatic N) is 1. The average Bonchev–Trinajstić information content (AvgIpc) is 3.10. The van der Waals surface area contributed by atoms with Crippen molar-refractivity contribution < 1.29 is 9.53 Å². The summed E-state index contributed by atoms with van der Waals surface area (Å²) in [5.74, 6) is 1.43. The predicted molar refractivity (Wildman–Crippen MR) is 89.4 cm³/mol. The van der Waals surface area contributed by atoms with Crippen LogP contribution < -0.4 is 4.74 Å². The molecule has 116 valence electrons. The third kappa shape index (κ3) is 3.50. The molecule has 22 heavy (non-hydrogen) atoms. The molecule has 4 heteroatoms. The second-order valence-corrected chi connectivity index (χ2v) is 6.51. The number of para-hydroxylation sites is 1. The fraction of sp³-hybridized carbons (Fsp3) is 0.389. The zero-order valence-electron chi connectivity index (χ0n) is 12.8. The number of ether oxygens (including phenoxy) is 1. The van der Waals surface area contributed by atoms with Gasteiger partial charge >= 0.3 is 0 Å². The minimum absolute atomic E-state index is 0.0904. The lowest BCUT2D eigenvalue weighted by molar-refractivity contribution is -0.139. The molecule has 1 aromatic heterocycles. The predicted octanol–water partition coefficient (Wildman–Crippen LogP) is 3.92. The van der Waals surface area contributed by atoms with E-state index >= 15 is 0 Å². The first kappa shape index (κ1) is 15.1. The van der Waals surface area contributed by atoms with Crippen molar-refractivity contribution >= 4 is 17.2 Å². The maximum absolute atomic E-state index is 12.5. The Morgan fingerprint density at radius 2 is 1.95 bits per heavy atom. The van der Waals surface area contributed by atoms with Gasteiger partial charge < -0.3 is 9.64 Å². The number of hydrogen-bond donors (Lipinski definition) is 0. The Morgan fingerprint density at radius 3 is 2.59 bits per heavy atom. The summed E-state index contributed by atoms with van der Waals surface area (Å²) in [5.41, 5.74) is 1.42. The van der Waals surface area contributed by atoms with Crippen molar-refractivity contribution in [2.24, 2.45) is 0 Å². The van der Waals surface area contributed by atoms with E-state index < -0.39 is 6.10 Å². The van der Waals surface area contributed by atoms with E-state index in [0.717, 1.165) is 31.7 Å². The first-order valence-electron chi connectivity index (χ1n) is 7.76. The van der Waals surface area contributed by atoms with Gasteiger partial charge in [0.2, 0.25) is 0 Å². The first-order chi connectivity index (χ1) is 10.7. The van der Waals surface area contributed by atoms with Crippen LogP contribution in [0.25, 0.3) is 0 Å². The molecule has 0 unspecified atom stereocenters. The van der Waals surface area contributed by atoms with Crippen molar-refractivity contribution in [3.63, 3.8) is 0 Å². The van der Waals surface area contributed by atoms with E-state index in [1.807, 2.05) is 42.2 Å². The molecule has 1 aliphatic rings. The van der Waals surface area contributed by atoms with Crippen LogP contribution in [-0.4, -0.2) is 30.0 Å². The molecule has 0 radical (unpaired) electrons. The summed E-state index contributed by atoms with van der Waals surface area (Å²) in [4.78, 5) is 14.4. The second kappa shape index (κ2) is 6.97. The molecule has 0 spiro atoms. The van der Waals surface area contributed by atoms with Crippen molar-refractivity contribution in [1.82, 2.24) is 4.90 Å². The molecule has 0 bridgehead atoms. The van der Waals surface area contributed by atoms with E-state index in [9.17, 15) is 4.79 Å². The Morgan fingerprint density at radius 1 is 1.23 bits per heavy atom. The molecule has 1 atom stereocenters. The fourth-order valence-corrected chi connectivity index (χ4v) is 3.69. The zero-order valence-corrected chi connectivity index (χ0v) is 13.6. The summed E-state index contributed by atoms with van der Waals surface area (Å²) in [7, 11) is 0. The Hall–Kier alpha value is -1.81. The monoisotopic (exact) mass is 315 g/mol. The van der Waals surface area contributed by atoms with Gasteiger partial charge in [-0.2, -0.15) is 11.3 Å². The van der Waals surface area contributed by atoms with Crippen molar-refractivity contribution in [3.05, 3.63) is 52.7 Å². The van der Waals surface area contributed by atoms with Crippen LogP contribution in [0.3, 0.4) is 0 Å². The lowest BCUT2D eigenvalue weighted by Crippen LogP contribution is -2.44. The second-order valence-electron chi connectivity index (χ2n) is 5.73. The van der Waals surface area contributed by atoms with Gasteiger partial charge in [-0.1, -0.05) is 18.2 Å². The highest BCUT2D eigenvalue weighted by molar-refractivity contribution is 7.07. The van der Waals surface area contributed by atoms with E-state index in [1.165, 1.54) is 5.56 Å². The SMILES string of the molecule is C[C@@H](Oc1ccccc1)C(=O)N1CCC(c2ccsc2)CC1. The van der Waals surface area contributed by atoms with Crippen LogP contribution in [0.1, 0.15) is 31.2 Å². The minimum Gasteiger partial charge on any atom is -0.481 e. The van der Waals surface area contributed by atoms with Crippen molar-refractivity contribution in [2.45, 2.75) is 31.8 Å². The smallest absolute Gasteiger partial charge is 0.263 e.